The van der Waals surface area contributed by atoms with Gasteiger partial charge in [0.05, 0.1) is 5.56 Å². The molecule has 7 nitrogen and oxygen atoms in total. The van der Waals surface area contributed by atoms with Crippen LogP contribution in [0.4, 0.5) is 15.0 Å². The van der Waals surface area contributed by atoms with Crippen molar-refractivity contribution in [2.75, 3.05) is 25.5 Å². The van der Waals surface area contributed by atoms with Gasteiger partial charge in [-0.3, -0.25) is 10.1 Å². The molecular weight excluding hydrogens is 327 g/mol. The Morgan fingerprint density at radius 1 is 1.40 bits per heavy atom. The maximum Gasteiger partial charge on any atom is 0.323 e. The monoisotopic (exact) mass is 346 g/mol. The first-order valence-corrected chi connectivity index (χ1v) is 7.91. The number of nitrogens with zero attached hydrogens (tertiary/aromatic N) is 3. The SMILES string of the molecule is Cc1c(NC(=O)N2CC(=O)N(C)C(C)C2)noc1-c1ccccc1F. The zero-order valence-electron chi connectivity index (χ0n) is 14.2. The summed E-state index contributed by atoms with van der Waals surface area (Å²) in [5.41, 5.74) is 0.795. The molecule has 1 N–H and O–H groups in total. The average molecular weight is 346 g/mol. The minimum absolute atomic E-state index is 0.00371. The van der Waals surface area contributed by atoms with Gasteiger partial charge in [-0.2, -0.15) is 0 Å². The van der Waals surface area contributed by atoms with Crippen molar-refractivity contribution in [2.24, 2.45) is 0 Å². The molecule has 1 saturated heterocycles. The highest BCUT2D eigenvalue weighted by atomic mass is 19.1. The molecule has 25 heavy (non-hydrogen) atoms. The fourth-order valence-electron chi connectivity index (χ4n) is 2.71. The number of amides is 3. The maximum atomic E-state index is 13.9. The lowest BCUT2D eigenvalue weighted by atomic mass is 10.1. The lowest BCUT2D eigenvalue weighted by Crippen LogP contribution is -2.56. The molecule has 1 atom stereocenters. The lowest BCUT2D eigenvalue weighted by Gasteiger charge is -2.36. The summed E-state index contributed by atoms with van der Waals surface area (Å²) in [4.78, 5) is 27.3. The van der Waals surface area contributed by atoms with Gasteiger partial charge in [0, 0.05) is 25.2 Å². The molecule has 2 heterocycles. The highest BCUT2D eigenvalue weighted by Gasteiger charge is 2.30. The number of aromatic nitrogens is 1. The summed E-state index contributed by atoms with van der Waals surface area (Å²) in [5.74, 6) is -0.0885. The molecule has 2 aromatic rings. The van der Waals surface area contributed by atoms with Crippen LogP contribution >= 0.6 is 0 Å². The normalized spacial score (nSPS) is 17.8. The third kappa shape index (κ3) is 3.19. The van der Waals surface area contributed by atoms with E-state index in [4.69, 9.17) is 4.52 Å². The number of carbonyl (C=O) groups excluding carboxylic acids is 2. The third-order valence-corrected chi connectivity index (χ3v) is 4.42. The van der Waals surface area contributed by atoms with E-state index in [9.17, 15) is 14.0 Å². The van der Waals surface area contributed by atoms with Gasteiger partial charge in [-0.15, -0.1) is 0 Å². The number of carbonyl (C=O) groups is 2. The van der Waals surface area contributed by atoms with Crippen molar-refractivity contribution in [1.29, 1.82) is 0 Å². The van der Waals surface area contributed by atoms with Gasteiger partial charge < -0.3 is 14.3 Å². The summed E-state index contributed by atoms with van der Waals surface area (Å²) in [6.07, 6.45) is 0. The Hall–Kier alpha value is -2.90. The number of hydrogen-bond acceptors (Lipinski definition) is 4. The largest absolute Gasteiger partial charge is 0.354 e. The molecule has 0 saturated carbocycles. The first-order valence-electron chi connectivity index (χ1n) is 7.91. The number of anilines is 1. The van der Waals surface area contributed by atoms with Crippen molar-refractivity contribution in [3.63, 3.8) is 0 Å². The fraction of sp³-hybridized carbons (Fsp3) is 0.353. The van der Waals surface area contributed by atoms with E-state index in [1.165, 1.54) is 11.0 Å². The molecule has 0 aliphatic carbocycles. The van der Waals surface area contributed by atoms with E-state index in [1.807, 2.05) is 6.92 Å². The van der Waals surface area contributed by atoms with Crippen molar-refractivity contribution in [2.45, 2.75) is 19.9 Å². The lowest BCUT2D eigenvalue weighted by molar-refractivity contribution is -0.135. The van der Waals surface area contributed by atoms with Crippen LogP contribution in [0.3, 0.4) is 0 Å². The summed E-state index contributed by atoms with van der Waals surface area (Å²) in [6, 6.07) is 5.67. The molecule has 3 rings (SSSR count). The zero-order chi connectivity index (χ0) is 18.1. The number of likely N-dealkylation sites (N-methyl/N-ethyl adjacent to an activating group) is 1. The molecule has 8 heteroatoms. The molecule has 3 amide bonds. The summed E-state index contributed by atoms with van der Waals surface area (Å²) in [6.45, 7) is 3.98. The smallest absolute Gasteiger partial charge is 0.323 e. The Kier molecular flexibility index (Phi) is 4.43. The first kappa shape index (κ1) is 16.9. The Balaban J connectivity index is 1.77. The van der Waals surface area contributed by atoms with Crippen molar-refractivity contribution in [1.82, 2.24) is 15.0 Å². The number of benzene rings is 1. The maximum absolute atomic E-state index is 13.9. The molecule has 0 bridgehead atoms. The van der Waals surface area contributed by atoms with Gasteiger partial charge in [-0.05, 0) is 26.0 Å². The van der Waals surface area contributed by atoms with E-state index in [1.54, 1.807) is 37.1 Å². The molecular formula is C17H19FN4O3. The van der Waals surface area contributed by atoms with Crippen LogP contribution in [0.5, 0.6) is 0 Å². The van der Waals surface area contributed by atoms with Gasteiger partial charge in [0.15, 0.2) is 11.6 Å². The number of rotatable bonds is 2. The van der Waals surface area contributed by atoms with E-state index in [-0.39, 0.29) is 35.6 Å². The van der Waals surface area contributed by atoms with Gasteiger partial charge in [-0.25, -0.2) is 9.18 Å². The molecule has 1 aromatic heterocycles. The second-order valence-electron chi connectivity index (χ2n) is 6.13. The van der Waals surface area contributed by atoms with Gasteiger partial charge in [-0.1, -0.05) is 17.3 Å². The fourth-order valence-corrected chi connectivity index (χ4v) is 2.71. The summed E-state index contributed by atoms with van der Waals surface area (Å²) >= 11 is 0. The van der Waals surface area contributed by atoms with Crippen molar-refractivity contribution < 1.29 is 18.5 Å². The van der Waals surface area contributed by atoms with Crippen LogP contribution < -0.4 is 5.32 Å². The average Bonchev–Trinajstić information content (AvgIpc) is 2.93. The van der Waals surface area contributed by atoms with Gasteiger partial charge in [0.25, 0.3) is 0 Å². The number of nitrogens with one attached hydrogen (secondary N) is 1. The molecule has 132 valence electrons. The van der Waals surface area contributed by atoms with Crippen LogP contribution in [0.15, 0.2) is 28.8 Å². The first-order chi connectivity index (χ1) is 11.9. The Morgan fingerprint density at radius 3 is 2.80 bits per heavy atom. The molecule has 1 fully saturated rings. The third-order valence-electron chi connectivity index (χ3n) is 4.42. The highest BCUT2D eigenvalue weighted by Crippen LogP contribution is 2.30. The van der Waals surface area contributed by atoms with Crippen molar-refractivity contribution in [3.8, 4) is 11.3 Å². The van der Waals surface area contributed by atoms with Crippen LogP contribution in [-0.2, 0) is 4.79 Å². The van der Waals surface area contributed by atoms with E-state index < -0.39 is 11.8 Å². The van der Waals surface area contributed by atoms with E-state index in [2.05, 4.69) is 10.5 Å². The van der Waals surface area contributed by atoms with Crippen molar-refractivity contribution >= 4 is 17.8 Å². The van der Waals surface area contributed by atoms with Gasteiger partial charge >= 0.3 is 6.03 Å². The second-order valence-corrected chi connectivity index (χ2v) is 6.13. The second kappa shape index (κ2) is 6.54. The summed E-state index contributed by atoms with van der Waals surface area (Å²) in [7, 11) is 1.71. The summed E-state index contributed by atoms with van der Waals surface area (Å²) in [5, 5.41) is 6.46. The quantitative estimate of drug-likeness (QED) is 0.906. The predicted octanol–water partition coefficient (Wildman–Crippen LogP) is 2.48. The number of piperazine rings is 1. The number of halogens is 1. The van der Waals surface area contributed by atoms with Crippen LogP contribution in [0.1, 0.15) is 12.5 Å². The number of urea groups is 1. The van der Waals surface area contributed by atoms with Crippen molar-refractivity contribution in [3.05, 3.63) is 35.6 Å². The topological polar surface area (TPSA) is 78.7 Å². The zero-order valence-corrected chi connectivity index (χ0v) is 14.2. The van der Waals surface area contributed by atoms with E-state index >= 15 is 0 Å². The van der Waals surface area contributed by atoms with E-state index in [0.29, 0.717) is 12.1 Å². The molecule has 1 unspecified atom stereocenters. The molecule has 0 radical (unpaired) electrons. The molecule has 1 aromatic carbocycles. The molecule has 1 aliphatic rings. The predicted molar refractivity (Wildman–Crippen MR) is 89.5 cm³/mol. The van der Waals surface area contributed by atoms with Crippen LogP contribution in [0.2, 0.25) is 0 Å². The van der Waals surface area contributed by atoms with E-state index in [0.717, 1.165) is 0 Å². The standard InChI is InChI=1S/C17H19FN4O3/c1-10-8-22(9-14(23)21(10)3)17(24)19-16-11(2)15(25-20-16)12-6-4-5-7-13(12)18/h4-7,10H,8-9H2,1-3H3,(H,19,20,24). The van der Waals surface area contributed by atoms with Crippen LogP contribution in [-0.4, -0.2) is 53.1 Å². The summed E-state index contributed by atoms with van der Waals surface area (Å²) < 4.78 is 19.1. The minimum Gasteiger partial charge on any atom is -0.354 e. The number of hydrogen-bond donors (Lipinski definition) is 1. The highest BCUT2D eigenvalue weighted by molar-refractivity contribution is 5.93. The Bertz CT molecular complexity index is 820. The van der Waals surface area contributed by atoms with Crippen LogP contribution in [0, 0.1) is 12.7 Å². The molecule has 0 spiro atoms. The van der Waals surface area contributed by atoms with Gasteiger partial charge in [0.2, 0.25) is 5.91 Å². The Morgan fingerprint density at radius 2 is 2.12 bits per heavy atom. The van der Waals surface area contributed by atoms with Crippen LogP contribution in [0.25, 0.3) is 11.3 Å². The minimum atomic E-state index is -0.440. The molecule has 1 aliphatic heterocycles. The Labute approximate surface area is 144 Å². The van der Waals surface area contributed by atoms with Gasteiger partial charge in [0.1, 0.15) is 12.4 Å².